The Kier molecular flexibility index (Phi) is 6.78. The van der Waals surface area contributed by atoms with Gasteiger partial charge in [-0.2, -0.15) is 0 Å². The van der Waals surface area contributed by atoms with Gasteiger partial charge < -0.3 is 19.6 Å². The van der Waals surface area contributed by atoms with E-state index in [2.05, 4.69) is 9.80 Å². The monoisotopic (exact) mass is 389 g/mol. The van der Waals surface area contributed by atoms with E-state index < -0.39 is 0 Å². The molecular formula is C21H31N3O4. The molecule has 1 atom stereocenters. The number of hydrogen-bond donors (Lipinski definition) is 1. The van der Waals surface area contributed by atoms with Gasteiger partial charge in [-0.25, -0.2) is 0 Å². The van der Waals surface area contributed by atoms with E-state index in [0.717, 1.165) is 31.9 Å². The maximum absolute atomic E-state index is 12.9. The number of ether oxygens (including phenoxy) is 1. The molecule has 7 heteroatoms. The number of carbonyl (C=O) groups is 2. The zero-order chi connectivity index (χ0) is 20.1. The van der Waals surface area contributed by atoms with Crippen LogP contribution in [0, 0.1) is 5.92 Å². The van der Waals surface area contributed by atoms with E-state index in [0.29, 0.717) is 38.3 Å². The molecule has 2 saturated heterocycles. The number of piperidine rings is 1. The Bertz CT molecular complexity index is 680. The van der Waals surface area contributed by atoms with Crippen molar-refractivity contribution in [3.63, 3.8) is 0 Å². The highest BCUT2D eigenvalue weighted by atomic mass is 16.5. The highest BCUT2D eigenvalue weighted by Crippen LogP contribution is 2.27. The summed E-state index contributed by atoms with van der Waals surface area (Å²) in [5.41, 5.74) is 0.849. The van der Waals surface area contributed by atoms with E-state index in [9.17, 15) is 14.7 Å². The van der Waals surface area contributed by atoms with Gasteiger partial charge in [0, 0.05) is 39.3 Å². The first-order chi connectivity index (χ1) is 13.5. The summed E-state index contributed by atoms with van der Waals surface area (Å²) in [5.74, 6) is 0.215. The molecule has 1 aromatic rings. The fraction of sp³-hybridized carbons (Fsp3) is 0.619. The molecule has 3 rings (SSSR count). The number of esters is 1. The molecule has 2 aliphatic heterocycles. The summed E-state index contributed by atoms with van der Waals surface area (Å²) in [4.78, 5) is 31.0. The van der Waals surface area contributed by atoms with Crippen LogP contribution in [-0.2, 0) is 14.3 Å². The second kappa shape index (κ2) is 9.28. The third-order valence-corrected chi connectivity index (χ3v) is 5.87. The molecule has 2 heterocycles. The smallest absolute Gasteiger partial charge is 0.309 e. The van der Waals surface area contributed by atoms with Crippen LogP contribution >= 0.6 is 0 Å². The van der Waals surface area contributed by atoms with Crippen molar-refractivity contribution in [2.24, 2.45) is 5.92 Å². The Hall–Kier alpha value is -2.28. The van der Waals surface area contributed by atoms with Crippen molar-refractivity contribution in [2.45, 2.75) is 32.7 Å². The highest BCUT2D eigenvalue weighted by molar-refractivity contribution is 5.82. The van der Waals surface area contributed by atoms with Crippen molar-refractivity contribution in [3.05, 3.63) is 24.3 Å². The number of carbonyl (C=O) groups excluding carboxylic acids is 2. The molecule has 0 aromatic heterocycles. The number of phenols is 1. The summed E-state index contributed by atoms with van der Waals surface area (Å²) in [6.45, 7) is 8.53. The van der Waals surface area contributed by atoms with Crippen LogP contribution in [0.5, 0.6) is 5.75 Å². The number of phenolic OH excluding ortho intramolecular Hbond substituents is 1. The molecule has 0 saturated carbocycles. The normalized spacial score (nSPS) is 20.1. The van der Waals surface area contributed by atoms with Crippen LogP contribution < -0.4 is 4.90 Å². The van der Waals surface area contributed by atoms with Gasteiger partial charge in [0.1, 0.15) is 5.75 Å². The molecule has 28 heavy (non-hydrogen) atoms. The quantitative estimate of drug-likeness (QED) is 0.773. The van der Waals surface area contributed by atoms with Crippen LogP contribution in [0.25, 0.3) is 0 Å². The molecule has 0 aliphatic carbocycles. The summed E-state index contributed by atoms with van der Waals surface area (Å²) in [7, 11) is 0. The number of anilines is 1. The number of nitrogens with zero attached hydrogens (tertiary/aromatic N) is 3. The summed E-state index contributed by atoms with van der Waals surface area (Å²) >= 11 is 0. The fourth-order valence-electron chi connectivity index (χ4n) is 4.10. The molecule has 1 aromatic carbocycles. The second-order valence-electron chi connectivity index (χ2n) is 7.54. The van der Waals surface area contributed by atoms with Crippen molar-refractivity contribution in [2.75, 3.05) is 50.8 Å². The van der Waals surface area contributed by atoms with Gasteiger partial charge in [-0.05, 0) is 38.8 Å². The van der Waals surface area contributed by atoms with Gasteiger partial charge in [-0.15, -0.1) is 0 Å². The molecule has 154 valence electrons. The lowest BCUT2D eigenvalue weighted by Gasteiger charge is -2.41. The van der Waals surface area contributed by atoms with Crippen molar-refractivity contribution in [1.82, 2.24) is 9.80 Å². The molecule has 7 nitrogen and oxygen atoms in total. The maximum Gasteiger partial charge on any atom is 0.309 e. The van der Waals surface area contributed by atoms with E-state index in [1.165, 1.54) is 0 Å². The number of benzene rings is 1. The number of aromatic hydroxyl groups is 1. The molecule has 1 N–H and O–H groups in total. The van der Waals surface area contributed by atoms with Gasteiger partial charge in [0.2, 0.25) is 5.91 Å². The molecule has 0 bridgehead atoms. The van der Waals surface area contributed by atoms with E-state index in [1.54, 1.807) is 6.07 Å². The van der Waals surface area contributed by atoms with E-state index in [1.807, 2.05) is 36.9 Å². The van der Waals surface area contributed by atoms with Crippen LogP contribution in [0.1, 0.15) is 26.7 Å². The van der Waals surface area contributed by atoms with Crippen LogP contribution in [-0.4, -0.2) is 78.7 Å². The zero-order valence-corrected chi connectivity index (χ0v) is 16.8. The van der Waals surface area contributed by atoms with Gasteiger partial charge in [0.25, 0.3) is 0 Å². The Labute approximate surface area is 166 Å². The topological polar surface area (TPSA) is 73.3 Å². The lowest BCUT2D eigenvalue weighted by atomic mass is 9.96. The molecule has 2 fully saturated rings. The van der Waals surface area contributed by atoms with Crippen molar-refractivity contribution in [3.8, 4) is 5.75 Å². The number of hydrogen-bond acceptors (Lipinski definition) is 6. The first kappa shape index (κ1) is 20.5. The summed E-state index contributed by atoms with van der Waals surface area (Å²) < 4.78 is 5.10. The largest absolute Gasteiger partial charge is 0.506 e. The van der Waals surface area contributed by atoms with Gasteiger partial charge in [-0.1, -0.05) is 12.1 Å². The minimum absolute atomic E-state index is 0.0820. The van der Waals surface area contributed by atoms with Gasteiger partial charge >= 0.3 is 5.97 Å². The van der Waals surface area contributed by atoms with E-state index >= 15 is 0 Å². The lowest BCUT2D eigenvalue weighted by Crippen LogP contribution is -2.55. The molecular weight excluding hydrogens is 358 g/mol. The molecule has 0 unspecified atom stereocenters. The Morgan fingerprint density at radius 1 is 1.11 bits per heavy atom. The first-order valence-electron chi connectivity index (χ1n) is 10.2. The summed E-state index contributed by atoms with van der Waals surface area (Å²) in [5, 5.41) is 10.0. The standard InChI is InChI=1S/C21H31N3O4/c1-3-28-21(27)17-8-10-24(11-9-17)20(26)16(2)22-12-14-23(15-13-22)18-6-4-5-7-19(18)25/h4-7,16-17,25H,3,8-15H2,1-2H3/t16-/m1/s1. The lowest BCUT2D eigenvalue weighted by molar-refractivity contribution is -0.152. The molecule has 1 amide bonds. The number of piperazine rings is 1. The molecule has 0 radical (unpaired) electrons. The Morgan fingerprint density at radius 2 is 1.75 bits per heavy atom. The zero-order valence-electron chi connectivity index (χ0n) is 16.8. The van der Waals surface area contributed by atoms with Crippen LogP contribution in [0.3, 0.4) is 0 Å². The minimum Gasteiger partial charge on any atom is -0.506 e. The van der Waals surface area contributed by atoms with Crippen LogP contribution in [0.15, 0.2) is 24.3 Å². The molecule has 2 aliphatic rings. The predicted molar refractivity (Wildman–Crippen MR) is 107 cm³/mol. The van der Waals surface area contributed by atoms with Gasteiger partial charge in [-0.3, -0.25) is 14.5 Å². The van der Waals surface area contributed by atoms with Crippen molar-refractivity contribution >= 4 is 17.6 Å². The third-order valence-electron chi connectivity index (χ3n) is 5.87. The summed E-state index contributed by atoms with van der Waals surface area (Å²) in [6, 6.07) is 7.20. The second-order valence-corrected chi connectivity index (χ2v) is 7.54. The maximum atomic E-state index is 12.9. The van der Waals surface area contributed by atoms with E-state index in [4.69, 9.17) is 4.74 Å². The van der Waals surface area contributed by atoms with Gasteiger partial charge in [0.05, 0.1) is 24.3 Å². The molecule has 0 spiro atoms. The average molecular weight is 389 g/mol. The number of rotatable bonds is 5. The fourth-order valence-corrected chi connectivity index (χ4v) is 4.10. The minimum atomic E-state index is -0.175. The van der Waals surface area contributed by atoms with Gasteiger partial charge in [0.15, 0.2) is 0 Å². The predicted octanol–water partition coefficient (Wildman–Crippen LogP) is 1.70. The highest BCUT2D eigenvalue weighted by Gasteiger charge is 2.33. The third kappa shape index (κ3) is 4.58. The Morgan fingerprint density at radius 3 is 2.36 bits per heavy atom. The number of likely N-dealkylation sites (tertiary alicyclic amines) is 1. The number of para-hydroxylation sites is 2. The first-order valence-corrected chi connectivity index (χ1v) is 10.2. The SMILES string of the molecule is CCOC(=O)C1CCN(C(=O)[C@@H](C)N2CCN(c3ccccc3O)CC2)CC1. The summed E-state index contributed by atoms with van der Waals surface area (Å²) in [6.07, 6.45) is 1.36. The number of amides is 1. The van der Waals surface area contributed by atoms with Crippen molar-refractivity contribution in [1.29, 1.82) is 0 Å². The van der Waals surface area contributed by atoms with Crippen molar-refractivity contribution < 1.29 is 19.4 Å². The Balaban J connectivity index is 1.49. The van der Waals surface area contributed by atoms with Crippen LogP contribution in [0.2, 0.25) is 0 Å². The van der Waals surface area contributed by atoms with E-state index in [-0.39, 0.29) is 23.8 Å². The van der Waals surface area contributed by atoms with Crippen LogP contribution in [0.4, 0.5) is 5.69 Å². The average Bonchev–Trinajstić information content (AvgIpc) is 2.73.